The van der Waals surface area contributed by atoms with Crippen LogP contribution >= 0.6 is 11.8 Å². The van der Waals surface area contributed by atoms with Crippen LogP contribution in [0.2, 0.25) is 0 Å². The molecular weight excluding hydrogens is 298 g/mol. The molecule has 0 aliphatic carbocycles. The van der Waals surface area contributed by atoms with E-state index in [9.17, 15) is 0 Å². The van der Waals surface area contributed by atoms with Crippen molar-refractivity contribution in [3.05, 3.63) is 12.5 Å². The Morgan fingerprint density at radius 1 is 1.14 bits per heavy atom. The summed E-state index contributed by atoms with van der Waals surface area (Å²) in [6.07, 6.45) is 3.40. The fourth-order valence-electron chi connectivity index (χ4n) is 2.85. The molecule has 2 aromatic rings. The first kappa shape index (κ1) is 13.8. The first-order chi connectivity index (χ1) is 10.6. The van der Waals surface area contributed by atoms with Gasteiger partial charge in [-0.2, -0.15) is 5.10 Å². The Balaban J connectivity index is 1.47. The molecule has 1 saturated heterocycles. The molecule has 0 radical (unpaired) electrons. The lowest BCUT2D eigenvalue weighted by atomic mass is 10.2. The maximum Gasteiger partial charge on any atom is 0.160 e. The van der Waals surface area contributed by atoms with E-state index < -0.39 is 0 Å². The van der Waals surface area contributed by atoms with Crippen molar-refractivity contribution in [2.75, 3.05) is 37.6 Å². The fourth-order valence-corrected chi connectivity index (χ4v) is 3.91. The van der Waals surface area contributed by atoms with Crippen LogP contribution in [-0.4, -0.2) is 67.7 Å². The number of thioether (sulfide) groups is 1. The molecule has 0 unspecified atom stereocenters. The van der Waals surface area contributed by atoms with Crippen LogP contribution in [0, 0.1) is 0 Å². The van der Waals surface area contributed by atoms with Crippen molar-refractivity contribution in [2.24, 2.45) is 4.99 Å². The van der Waals surface area contributed by atoms with Gasteiger partial charge in [0.1, 0.15) is 12.1 Å². The minimum Gasteiger partial charge on any atom is -0.352 e. The fraction of sp³-hybridized carbons (Fsp3) is 0.571. The van der Waals surface area contributed by atoms with Crippen LogP contribution in [0.1, 0.15) is 13.8 Å². The number of aromatic nitrogens is 4. The summed E-state index contributed by atoms with van der Waals surface area (Å²) in [5.41, 5.74) is 0.796. The Morgan fingerprint density at radius 3 is 2.64 bits per heavy atom. The average molecular weight is 317 g/mol. The van der Waals surface area contributed by atoms with Crippen LogP contribution in [0.25, 0.3) is 11.0 Å². The van der Waals surface area contributed by atoms with Crippen molar-refractivity contribution >= 4 is 33.8 Å². The van der Waals surface area contributed by atoms with Gasteiger partial charge in [0.15, 0.2) is 10.8 Å². The predicted octanol–water partition coefficient (Wildman–Crippen LogP) is 1.36. The number of amidine groups is 1. The zero-order valence-electron chi connectivity index (χ0n) is 12.8. The summed E-state index contributed by atoms with van der Waals surface area (Å²) in [6.45, 7) is 9.25. The zero-order valence-corrected chi connectivity index (χ0v) is 13.6. The molecule has 4 heterocycles. The van der Waals surface area contributed by atoms with Crippen LogP contribution in [0.4, 0.5) is 5.82 Å². The van der Waals surface area contributed by atoms with Crippen LogP contribution < -0.4 is 4.90 Å². The lowest BCUT2D eigenvalue weighted by molar-refractivity contribution is 0.391. The molecule has 0 amide bonds. The zero-order chi connectivity index (χ0) is 15.2. The first-order valence-electron chi connectivity index (χ1n) is 7.50. The van der Waals surface area contributed by atoms with E-state index >= 15 is 0 Å². The lowest BCUT2D eigenvalue weighted by Gasteiger charge is -2.36. The molecule has 8 heteroatoms. The molecule has 116 valence electrons. The summed E-state index contributed by atoms with van der Waals surface area (Å²) in [5, 5.41) is 9.15. The second kappa shape index (κ2) is 5.12. The van der Waals surface area contributed by atoms with Crippen molar-refractivity contribution in [1.82, 2.24) is 25.1 Å². The lowest BCUT2D eigenvalue weighted by Crippen LogP contribution is -2.48. The van der Waals surface area contributed by atoms with Crippen molar-refractivity contribution in [3.63, 3.8) is 0 Å². The van der Waals surface area contributed by atoms with Crippen molar-refractivity contribution in [1.29, 1.82) is 0 Å². The molecular formula is C14H19N7S. The third kappa shape index (κ3) is 2.41. The number of fused-ring (bicyclic) bond motifs is 1. The Kier molecular flexibility index (Phi) is 3.21. The molecule has 7 nitrogen and oxygen atoms in total. The number of anilines is 1. The minimum absolute atomic E-state index is 0.238. The summed E-state index contributed by atoms with van der Waals surface area (Å²) < 4.78 is 0.238. The number of aliphatic imine (C=N–C) groups is 1. The molecule has 0 spiro atoms. The highest BCUT2D eigenvalue weighted by molar-refractivity contribution is 8.15. The number of hydrogen-bond donors (Lipinski definition) is 1. The van der Waals surface area contributed by atoms with Crippen LogP contribution in [0.5, 0.6) is 0 Å². The van der Waals surface area contributed by atoms with Crippen LogP contribution in [-0.2, 0) is 0 Å². The molecule has 1 fully saturated rings. The summed E-state index contributed by atoms with van der Waals surface area (Å²) in [6, 6.07) is 0. The molecule has 1 N–H and O–H groups in total. The second-order valence-corrected chi connectivity index (χ2v) is 7.94. The van der Waals surface area contributed by atoms with E-state index in [4.69, 9.17) is 4.99 Å². The maximum absolute atomic E-state index is 4.70. The van der Waals surface area contributed by atoms with E-state index in [-0.39, 0.29) is 4.75 Å². The monoisotopic (exact) mass is 317 g/mol. The third-order valence-electron chi connectivity index (χ3n) is 4.04. The molecule has 2 aliphatic rings. The number of nitrogens with one attached hydrogen (secondary N) is 1. The number of rotatable bonds is 1. The van der Waals surface area contributed by atoms with E-state index in [1.54, 1.807) is 12.5 Å². The van der Waals surface area contributed by atoms with E-state index in [2.05, 4.69) is 43.8 Å². The second-order valence-electron chi connectivity index (χ2n) is 6.26. The van der Waals surface area contributed by atoms with Gasteiger partial charge in [-0.15, -0.1) is 0 Å². The first-order valence-corrected chi connectivity index (χ1v) is 8.31. The Labute approximate surface area is 133 Å². The molecule has 0 saturated carbocycles. The summed E-state index contributed by atoms with van der Waals surface area (Å²) in [7, 11) is 0. The third-order valence-corrected chi connectivity index (χ3v) is 5.29. The number of H-pyrrole nitrogens is 1. The highest BCUT2D eigenvalue weighted by Crippen LogP contribution is 2.34. The number of piperazine rings is 1. The predicted molar refractivity (Wildman–Crippen MR) is 89.4 cm³/mol. The maximum atomic E-state index is 4.70. The average Bonchev–Trinajstić information content (AvgIpc) is 3.13. The van der Waals surface area contributed by atoms with Gasteiger partial charge in [0.05, 0.1) is 18.1 Å². The van der Waals surface area contributed by atoms with Gasteiger partial charge in [-0.05, 0) is 13.8 Å². The molecule has 4 rings (SSSR count). The van der Waals surface area contributed by atoms with E-state index in [0.717, 1.165) is 49.6 Å². The van der Waals surface area contributed by atoms with Crippen molar-refractivity contribution in [2.45, 2.75) is 18.6 Å². The quantitative estimate of drug-likeness (QED) is 0.856. The Morgan fingerprint density at radius 2 is 1.91 bits per heavy atom. The van der Waals surface area contributed by atoms with E-state index in [0.29, 0.717) is 0 Å². The topological polar surface area (TPSA) is 73.3 Å². The van der Waals surface area contributed by atoms with Gasteiger partial charge in [-0.3, -0.25) is 10.1 Å². The molecule has 22 heavy (non-hydrogen) atoms. The molecule has 0 atom stereocenters. The standard InChI is InChI=1S/C14H19N7S/c1-14(2)8-15-13(22-14)21-5-3-20(4-6-21)12-10-7-18-19-11(10)16-9-17-12/h7,9H,3-6,8H2,1-2H3,(H,16,17,18,19). The van der Waals surface area contributed by atoms with Gasteiger partial charge >= 0.3 is 0 Å². The van der Waals surface area contributed by atoms with E-state index in [1.807, 2.05) is 11.8 Å². The van der Waals surface area contributed by atoms with E-state index in [1.165, 1.54) is 5.17 Å². The molecule has 2 aromatic heterocycles. The normalized spacial score (nSPS) is 21.5. The minimum atomic E-state index is 0.238. The number of hydrogen-bond acceptors (Lipinski definition) is 7. The van der Waals surface area contributed by atoms with Crippen LogP contribution in [0.3, 0.4) is 0 Å². The SMILES string of the molecule is CC1(C)CN=C(N2CCN(c3ncnc4[nH]ncc34)CC2)S1. The Bertz CT molecular complexity index is 715. The van der Waals surface area contributed by atoms with Crippen LogP contribution in [0.15, 0.2) is 17.5 Å². The molecule has 0 aromatic carbocycles. The van der Waals surface area contributed by atoms with Crippen molar-refractivity contribution < 1.29 is 0 Å². The molecule has 2 aliphatic heterocycles. The van der Waals surface area contributed by atoms with Gasteiger partial charge in [0.25, 0.3) is 0 Å². The number of aromatic amines is 1. The molecule has 0 bridgehead atoms. The van der Waals surface area contributed by atoms with Gasteiger partial charge < -0.3 is 9.80 Å². The highest BCUT2D eigenvalue weighted by Gasteiger charge is 2.32. The summed E-state index contributed by atoms with van der Waals surface area (Å²) in [5.74, 6) is 0.972. The number of nitrogens with zero attached hydrogens (tertiary/aromatic N) is 6. The summed E-state index contributed by atoms with van der Waals surface area (Å²) in [4.78, 5) is 18.0. The Hall–Kier alpha value is -1.83. The van der Waals surface area contributed by atoms with Gasteiger partial charge in [0.2, 0.25) is 0 Å². The van der Waals surface area contributed by atoms with Gasteiger partial charge in [-0.25, -0.2) is 9.97 Å². The van der Waals surface area contributed by atoms with Crippen molar-refractivity contribution in [3.8, 4) is 0 Å². The van der Waals surface area contributed by atoms with Gasteiger partial charge in [-0.1, -0.05) is 11.8 Å². The largest absolute Gasteiger partial charge is 0.352 e. The van der Waals surface area contributed by atoms with Gasteiger partial charge in [0, 0.05) is 30.9 Å². The highest BCUT2D eigenvalue weighted by atomic mass is 32.2. The smallest absolute Gasteiger partial charge is 0.160 e. The summed E-state index contributed by atoms with van der Waals surface area (Å²) >= 11 is 1.89.